The summed E-state index contributed by atoms with van der Waals surface area (Å²) in [4.78, 5) is 3.87. The molecule has 17 heavy (non-hydrogen) atoms. The van der Waals surface area contributed by atoms with Crippen molar-refractivity contribution in [3.05, 3.63) is 41.1 Å². The first-order valence-electron chi connectivity index (χ1n) is 5.18. The molecule has 0 aliphatic heterocycles. The van der Waals surface area contributed by atoms with Crippen molar-refractivity contribution in [3.63, 3.8) is 0 Å². The predicted molar refractivity (Wildman–Crippen MR) is 64.6 cm³/mol. The van der Waals surface area contributed by atoms with Gasteiger partial charge in [0, 0.05) is 32.4 Å². The van der Waals surface area contributed by atoms with Gasteiger partial charge in [0.2, 0.25) is 0 Å². The van der Waals surface area contributed by atoms with E-state index in [2.05, 4.69) is 15.4 Å². The van der Waals surface area contributed by atoms with Gasteiger partial charge in [-0.2, -0.15) is 5.10 Å². The maximum Gasteiger partial charge on any atom is 0.166 e. The van der Waals surface area contributed by atoms with Gasteiger partial charge in [-0.1, -0.05) is 11.6 Å². The Balaban J connectivity index is 1.90. The molecule has 2 heterocycles. The number of rotatable bonds is 4. The summed E-state index contributed by atoms with van der Waals surface area (Å²) in [5.41, 5.74) is 0.953. The molecule has 4 nitrogen and oxygen atoms in total. The second kappa shape index (κ2) is 5.14. The lowest BCUT2D eigenvalue weighted by Crippen LogP contribution is -2.08. The van der Waals surface area contributed by atoms with Crippen LogP contribution in [0.2, 0.25) is 5.02 Å². The van der Waals surface area contributed by atoms with Crippen molar-refractivity contribution in [1.82, 2.24) is 14.8 Å². The van der Waals surface area contributed by atoms with Gasteiger partial charge in [0.1, 0.15) is 0 Å². The Morgan fingerprint density at radius 1 is 1.53 bits per heavy atom. The van der Waals surface area contributed by atoms with Gasteiger partial charge in [-0.3, -0.25) is 4.68 Å². The average molecular weight is 255 g/mol. The number of pyridine rings is 1. The molecule has 0 saturated carbocycles. The van der Waals surface area contributed by atoms with E-state index >= 15 is 0 Å². The quantitative estimate of drug-likeness (QED) is 0.910. The molecule has 0 bridgehead atoms. The van der Waals surface area contributed by atoms with E-state index in [1.807, 2.05) is 19.3 Å². The molecule has 2 rings (SSSR count). The molecule has 0 radical (unpaired) electrons. The van der Waals surface area contributed by atoms with Crippen LogP contribution in [0.3, 0.4) is 0 Å². The van der Waals surface area contributed by atoms with Crippen molar-refractivity contribution in [1.29, 1.82) is 0 Å². The molecular formula is C11H12ClFN4. The Morgan fingerprint density at radius 3 is 3.00 bits per heavy atom. The van der Waals surface area contributed by atoms with E-state index in [9.17, 15) is 4.39 Å². The van der Waals surface area contributed by atoms with Gasteiger partial charge in [-0.25, -0.2) is 9.37 Å². The van der Waals surface area contributed by atoms with Crippen LogP contribution in [0.15, 0.2) is 24.5 Å². The lowest BCUT2D eigenvalue weighted by atomic mass is 10.3. The molecule has 0 aliphatic rings. The van der Waals surface area contributed by atoms with Gasteiger partial charge in [-0.15, -0.1) is 0 Å². The first-order valence-corrected chi connectivity index (χ1v) is 5.56. The molecule has 0 atom stereocenters. The number of aromatic nitrogens is 3. The minimum atomic E-state index is -0.446. The summed E-state index contributed by atoms with van der Waals surface area (Å²) >= 11 is 5.61. The summed E-state index contributed by atoms with van der Waals surface area (Å²) in [6.45, 7) is 0.572. The Kier molecular flexibility index (Phi) is 3.58. The minimum Gasteiger partial charge on any atom is -0.367 e. The van der Waals surface area contributed by atoms with E-state index in [1.54, 1.807) is 4.68 Å². The number of nitrogens with one attached hydrogen (secondary N) is 1. The summed E-state index contributed by atoms with van der Waals surface area (Å²) in [6.07, 6.45) is 3.99. The predicted octanol–water partition coefficient (Wildman–Crippen LogP) is 2.26. The molecule has 0 aromatic carbocycles. The fraction of sp³-hybridized carbons (Fsp3) is 0.273. The molecular weight excluding hydrogens is 243 g/mol. The van der Waals surface area contributed by atoms with Gasteiger partial charge in [0.05, 0.1) is 10.7 Å². The maximum atomic E-state index is 13.4. The molecule has 0 spiro atoms. The minimum absolute atomic E-state index is 0.213. The molecule has 90 valence electrons. The summed E-state index contributed by atoms with van der Waals surface area (Å²) in [7, 11) is 1.86. The summed E-state index contributed by atoms with van der Waals surface area (Å²) in [5.74, 6) is -0.233. The van der Waals surface area contributed by atoms with Gasteiger partial charge in [0.25, 0.3) is 0 Å². The highest BCUT2D eigenvalue weighted by Crippen LogP contribution is 2.15. The fourth-order valence-electron chi connectivity index (χ4n) is 1.45. The third-order valence-corrected chi connectivity index (χ3v) is 2.46. The van der Waals surface area contributed by atoms with Crippen LogP contribution in [0.1, 0.15) is 5.69 Å². The SMILES string of the molecule is Cn1ccc(CCNc2ncc(Cl)cc2F)n1. The molecule has 0 fully saturated rings. The van der Waals surface area contributed by atoms with Crippen molar-refractivity contribution in [2.45, 2.75) is 6.42 Å². The number of aryl methyl sites for hydroxylation is 1. The standard InChI is InChI=1S/C11H12ClFN4/c1-17-5-3-9(16-17)2-4-14-11-10(13)6-8(12)7-15-11/h3,5-7H,2,4H2,1H3,(H,14,15). The van der Waals surface area contributed by atoms with E-state index in [0.717, 1.165) is 5.69 Å². The highest BCUT2D eigenvalue weighted by molar-refractivity contribution is 6.30. The Morgan fingerprint density at radius 2 is 2.35 bits per heavy atom. The van der Waals surface area contributed by atoms with Crippen LogP contribution < -0.4 is 5.32 Å². The zero-order valence-electron chi connectivity index (χ0n) is 9.32. The molecule has 0 unspecified atom stereocenters. The molecule has 0 aliphatic carbocycles. The van der Waals surface area contributed by atoms with Crippen molar-refractivity contribution in [2.24, 2.45) is 7.05 Å². The Bertz CT molecular complexity index is 512. The van der Waals surface area contributed by atoms with Crippen LogP contribution in [0, 0.1) is 5.82 Å². The second-order valence-electron chi connectivity index (χ2n) is 3.64. The van der Waals surface area contributed by atoms with Crippen LogP contribution in [-0.2, 0) is 13.5 Å². The Labute approximate surface area is 103 Å². The summed E-state index contributed by atoms with van der Waals surface area (Å²) < 4.78 is 15.1. The highest BCUT2D eigenvalue weighted by Gasteiger charge is 2.04. The van der Waals surface area contributed by atoms with E-state index < -0.39 is 5.82 Å². The first-order chi connectivity index (χ1) is 8.15. The molecule has 6 heteroatoms. The lowest BCUT2D eigenvalue weighted by molar-refractivity contribution is 0.624. The summed E-state index contributed by atoms with van der Waals surface area (Å²) in [5, 5.41) is 7.41. The normalized spacial score (nSPS) is 10.5. The van der Waals surface area contributed by atoms with E-state index in [1.165, 1.54) is 12.3 Å². The molecule has 2 aromatic rings. The van der Waals surface area contributed by atoms with Crippen molar-refractivity contribution >= 4 is 17.4 Å². The van der Waals surface area contributed by atoms with Gasteiger partial charge < -0.3 is 5.32 Å². The van der Waals surface area contributed by atoms with Gasteiger partial charge in [-0.05, 0) is 12.1 Å². The van der Waals surface area contributed by atoms with E-state index in [4.69, 9.17) is 11.6 Å². The highest BCUT2D eigenvalue weighted by atomic mass is 35.5. The monoisotopic (exact) mass is 254 g/mol. The van der Waals surface area contributed by atoms with E-state index in [0.29, 0.717) is 13.0 Å². The van der Waals surface area contributed by atoms with Gasteiger partial charge in [0.15, 0.2) is 11.6 Å². The van der Waals surface area contributed by atoms with Crippen LogP contribution in [0.5, 0.6) is 0 Å². The fourth-order valence-corrected chi connectivity index (χ4v) is 1.59. The van der Waals surface area contributed by atoms with Crippen molar-refractivity contribution < 1.29 is 4.39 Å². The molecule has 0 saturated heterocycles. The largest absolute Gasteiger partial charge is 0.367 e. The average Bonchev–Trinajstić information content (AvgIpc) is 2.68. The van der Waals surface area contributed by atoms with Crippen LogP contribution in [0.4, 0.5) is 10.2 Å². The van der Waals surface area contributed by atoms with Crippen LogP contribution in [0.25, 0.3) is 0 Å². The maximum absolute atomic E-state index is 13.4. The number of anilines is 1. The number of halogens is 2. The Hall–Kier alpha value is -1.62. The van der Waals surface area contributed by atoms with E-state index in [-0.39, 0.29) is 10.8 Å². The summed E-state index contributed by atoms with van der Waals surface area (Å²) in [6, 6.07) is 3.16. The first kappa shape index (κ1) is 11.9. The second-order valence-corrected chi connectivity index (χ2v) is 4.08. The zero-order valence-corrected chi connectivity index (χ0v) is 10.1. The molecule has 1 N–H and O–H groups in total. The third-order valence-electron chi connectivity index (χ3n) is 2.25. The number of hydrogen-bond donors (Lipinski definition) is 1. The smallest absolute Gasteiger partial charge is 0.166 e. The van der Waals surface area contributed by atoms with Crippen molar-refractivity contribution in [3.8, 4) is 0 Å². The van der Waals surface area contributed by atoms with Crippen molar-refractivity contribution in [2.75, 3.05) is 11.9 Å². The van der Waals surface area contributed by atoms with Gasteiger partial charge >= 0.3 is 0 Å². The zero-order chi connectivity index (χ0) is 12.3. The van der Waals surface area contributed by atoms with Crippen LogP contribution in [-0.4, -0.2) is 21.3 Å². The molecule has 2 aromatic heterocycles. The number of nitrogens with zero attached hydrogens (tertiary/aromatic N) is 3. The number of hydrogen-bond acceptors (Lipinski definition) is 3. The lowest BCUT2D eigenvalue weighted by Gasteiger charge is -2.05. The third kappa shape index (κ3) is 3.17. The van der Waals surface area contributed by atoms with Crippen LogP contribution >= 0.6 is 11.6 Å². The molecule has 0 amide bonds. The topological polar surface area (TPSA) is 42.7 Å².